The number of Topliss-reactive ketones (excluding diaryl/α,β-unsaturated/α-hetero) is 1. The number of nitrogens with one attached hydrogen (secondary N) is 1. The number of hydrogen-bond acceptors (Lipinski definition) is 3. The average molecular weight is 257 g/mol. The lowest BCUT2D eigenvalue weighted by Gasteiger charge is -2.07. The average Bonchev–Trinajstić information content (AvgIpc) is 2.44. The van der Waals surface area contributed by atoms with E-state index in [1.807, 2.05) is 24.3 Å². The van der Waals surface area contributed by atoms with Gasteiger partial charge in [0.2, 0.25) is 0 Å². The fraction of sp³-hybridized carbons (Fsp3) is 0.312. The van der Waals surface area contributed by atoms with Crippen molar-refractivity contribution in [1.29, 1.82) is 0 Å². The number of carbonyl (C=O) groups excluding carboxylic acids is 1. The van der Waals surface area contributed by atoms with Crippen molar-refractivity contribution < 1.29 is 9.53 Å². The van der Waals surface area contributed by atoms with Crippen LogP contribution in [-0.2, 0) is 16.0 Å². The summed E-state index contributed by atoms with van der Waals surface area (Å²) in [6.45, 7) is 1.73. The van der Waals surface area contributed by atoms with Crippen molar-refractivity contribution in [2.45, 2.75) is 6.42 Å². The fourth-order valence-corrected chi connectivity index (χ4v) is 2.12. The van der Waals surface area contributed by atoms with Crippen LogP contribution < -0.4 is 5.32 Å². The second-order valence-corrected chi connectivity index (χ2v) is 4.52. The predicted octanol–water partition coefficient (Wildman–Crippen LogP) is 2.19. The van der Waals surface area contributed by atoms with Crippen LogP contribution in [0.5, 0.6) is 0 Å². The van der Waals surface area contributed by atoms with Gasteiger partial charge in [-0.2, -0.15) is 0 Å². The molecule has 0 saturated heterocycles. The molecule has 0 atom stereocenters. The van der Waals surface area contributed by atoms with Gasteiger partial charge in [-0.15, -0.1) is 0 Å². The van der Waals surface area contributed by atoms with Crippen LogP contribution in [-0.4, -0.2) is 32.6 Å². The molecular formula is C16H19NO2. The number of carbonyl (C=O) groups is 1. The Morgan fingerprint density at radius 2 is 1.95 bits per heavy atom. The third kappa shape index (κ3) is 3.88. The highest BCUT2D eigenvalue weighted by Gasteiger charge is 2.06. The van der Waals surface area contributed by atoms with Crippen molar-refractivity contribution in [3.05, 3.63) is 48.0 Å². The highest BCUT2D eigenvalue weighted by Crippen LogP contribution is 2.18. The summed E-state index contributed by atoms with van der Waals surface area (Å²) in [6.07, 6.45) is 0.474. The molecule has 0 fully saturated rings. The summed E-state index contributed by atoms with van der Waals surface area (Å²) >= 11 is 0. The summed E-state index contributed by atoms with van der Waals surface area (Å²) in [5.74, 6) is 0.201. The van der Waals surface area contributed by atoms with Crippen molar-refractivity contribution >= 4 is 16.6 Å². The maximum atomic E-state index is 11.9. The zero-order valence-corrected chi connectivity index (χ0v) is 11.2. The Morgan fingerprint density at radius 3 is 2.79 bits per heavy atom. The third-order valence-corrected chi connectivity index (χ3v) is 3.07. The molecule has 3 nitrogen and oxygen atoms in total. The number of hydrogen-bond donors (Lipinski definition) is 1. The third-order valence-electron chi connectivity index (χ3n) is 3.07. The summed E-state index contributed by atoms with van der Waals surface area (Å²) in [7, 11) is 1.65. The summed E-state index contributed by atoms with van der Waals surface area (Å²) in [4.78, 5) is 11.9. The van der Waals surface area contributed by atoms with Crippen LogP contribution >= 0.6 is 0 Å². The number of fused-ring (bicyclic) bond motifs is 1. The molecule has 0 spiro atoms. The molecule has 0 heterocycles. The molecule has 1 N–H and O–H groups in total. The van der Waals surface area contributed by atoms with E-state index in [0.717, 1.165) is 10.9 Å². The molecule has 100 valence electrons. The van der Waals surface area contributed by atoms with Crippen LogP contribution in [0, 0.1) is 0 Å². The van der Waals surface area contributed by atoms with Crippen molar-refractivity contribution in [1.82, 2.24) is 5.32 Å². The van der Waals surface area contributed by atoms with Crippen LogP contribution in [0.15, 0.2) is 42.5 Å². The van der Waals surface area contributed by atoms with Crippen molar-refractivity contribution in [3.8, 4) is 0 Å². The molecule has 3 heteroatoms. The molecule has 0 aliphatic heterocycles. The van der Waals surface area contributed by atoms with Gasteiger partial charge >= 0.3 is 0 Å². The quantitative estimate of drug-likeness (QED) is 0.773. The molecule has 0 amide bonds. The first kappa shape index (κ1) is 13.7. The summed E-state index contributed by atoms with van der Waals surface area (Å²) in [5, 5.41) is 5.42. The van der Waals surface area contributed by atoms with Crippen LogP contribution in [0.25, 0.3) is 10.8 Å². The minimum Gasteiger partial charge on any atom is -0.383 e. The topological polar surface area (TPSA) is 38.3 Å². The maximum absolute atomic E-state index is 11.9. The first-order chi connectivity index (χ1) is 9.31. The highest BCUT2D eigenvalue weighted by atomic mass is 16.5. The Labute approximate surface area is 113 Å². The van der Waals surface area contributed by atoms with Crippen LogP contribution in [0.3, 0.4) is 0 Å². The largest absolute Gasteiger partial charge is 0.383 e. The monoisotopic (exact) mass is 257 g/mol. The van der Waals surface area contributed by atoms with Gasteiger partial charge in [0.1, 0.15) is 0 Å². The van der Waals surface area contributed by atoms with Gasteiger partial charge in [0, 0.05) is 20.1 Å². The van der Waals surface area contributed by atoms with Gasteiger partial charge in [0.05, 0.1) is 13.2 Å². The van der Waals surface area contributed by atoms with E-state index in [9.17, 15) is 4.79 Å². The normalized spacial score (nSPS) is 10.8. The first-order valence-electron chi connectivity index (χ1n) is 6.49. The molecule has 2 aromatic rings. The van der Waals surface area contributed by atoms with E-state index in [1.54, 1.807) is 7.11 Å². The van der Waals surface area contributed by atoms with E-state index in [-0.39, 0.29) is 5.78 Å². The molecule has 0 radical (unpaired) electrons. The number of benzene rings is 2. The van der Waals surface area contributed by atoms with E-state index in [0.29, 0.717) is 26.1 Å². The van der Waals surface area contributed by atoms with Crippen molar-refractivity contribution in [2.24, 2.45) is 0 Å². The molecule has 2 aromatic carbocycles. The lowest BCUT2D eigenvalue weighted by Crippen LogP contribution is -2.27. The molecule has 0 aromatic heterocycles. The van der Waals surface area contributed by atoms with E-state index < -0.39 is 0 Å². The Bertz CT molecular complexity index is 546. The SMILES string of the molecule is COCCNCC(=O)Cc1cccc2ccccc12. The van der Waals surface area contributed by atoms with Gasteiger partial charge in [-0.25, -0.2) is 0 Å². The summed E-state index contributed by atoms with van der Waals surface area (Å²) in [6, 6.07) is 14.3. The van der Waals surface area contributed by atoms with Crippen LogP contribution in [0.4, 0.5) is 0 Å². The van der Waals surface area contributed by atoms with E-state index in [1.165, 1.54) is 5.39 Å². The first-order valence-corrected chi connectivity index (χ1v) is 6.49. The fourth-order valence-electron chi connectivity index (χ4n) is 2.12. The zero-order valence-electron chi connectivity index (χ0n) is 11.2. The van der Waals surface area contributed by atoms with Crippen molar-refractivity contribution in [2.75, 3.05) is 26.8 Å². The van der Waals surface area contributed by atoms with Crippen LogP contribution in [0.2, 0.25) is 0 Å². The van der Waals surface area contributed by atoms with Gasteiger partial charge in [0.15, 0.2) is 5.78 Å². The molecular weight excluding hydrogens is 238 g/mol. The number of methoxy groups -OCH3 is 1. The second-order valence-electron chi connectivity index (χ2n) is 4.52. The number of ketones is 1. The molecule has 0 aliphatic rings. The lowest BCUT2D eigenvalue weighted by atomic mass is 10.0. The van der Waals surface area contributed by atoms with Gasteiger partial charge in [0.25, 0.3) is 0 Å². The van der Waals surface area contributed by atoms with E-state index in [2.05, 4.69) is 23.5 Å². The molecule has 0 saturated carbocycles. The highest BCUT2D eigenvalue weighted by molar-refractivity contribution is 5.91. The lowest BCUT2D eigenvalue weighted by molar-refractivity contribution is -0.117. The number of ether oxygens (including phenoxy) is 1. The van der Waals surface area contributed by atoms with E-state index in [4.69, 9.17) is 4.74 Å². The molecule has 19 heavy (non-hydrogen) atoms. The van der Waals surface area contributed by atoms with Crippen LogP contribution in [0.1, 0.15) is 5.56 Å². The Morgan fingerprint density at radius 1 is 1.16 bits per heavy atom. The number of rotatable bonds is 7. The minimum absolute atomic E-state index is 0.201. The van der Waals surface area contributed by atoms with Gasteiger partial charge < -0.3 is 10.1 Å². The Kier molecular flexibility index (Phi) is 5.07. The minimum atomic E-state index is 0.201. The van der Waals surface area contributed by atoms with Crippen molar-refractivity contribution in [3.63, 3.8) is 0 Å². The van der Waals surface area contributed by atoms with Gasteiger partial charge in [-0.3, -0.25) is 4.79 Å². The zero-order chi connectivity index (χ0) is 13.5. The Balaban J connectivity index is 1.99. The smallest absolute Gasteiger partial charge is 0.150 e. The maximum Gasteiger partial charge on any atom is 0.150 e. The summed E-state index contributed by atoms with van der Waals surface area (Å²) < 4.78 is 4.93. The van der Waals surface area contributed by atoms with Gasteiger partial charge in [-0.1, -0.05) is 42.5 Å². The predicted molar refractivity (Wildman–Crippen MR) is 77.4 cm³/mol. The Hall–Kier alpha value is -1.71. The summed E-state index contributed by atoms with van der Waals surface area (Å²) in [5.41, 5.74) is 1.09. The van der Waals surface area contributed by atoms with E-state index >= 15 is 0 Å². The molecule has 0 aliphatic carbocycles. The molecule has 0 unspecified atom stereocenters. The standard InChI is InChI=1S/C16H19NO2/c1-19-10-9-17-12-15(18)11-14-7-4-6-13-5-2-3-8-16(13)14/h2-8,17H,9-12H2,1H3. The molecule has 0 bridgehead atoms. The molecule has 2 rings (SSSR count). The second kappa shape index (κ2) is 7.02. The van der Waals surface area contributed by atoms with Gasteiger partial charge in [-0.05, 0) is 16.3 Å².